The quantitative estimate of drug-likeness (QED) is 0.767. The monoisotopic (exact) mass is 223 g/mol. The summed E-state index contributed by atoms with van der Waals surface area (Å²) in [6.45, 7) is 7.60. The molecule has 0 heterocycles. The third kappa shape index (κ3) is 2.43. The Bertz CT molecular complexity index is 419. The lowest BCUT2D eigenvalue weighted by Crippen LogP contribution is -2.08. The fourth-order valence-electron chi connectivity index (χ4n) is 1.41. The van der Waals surface area contributed by atoms with Crippen LogP contribution in [-0.2, 0) is 0 Å². The first-order chi connectivity index (χ1) is 6.97. The Morgan fingerprint density at radius 2 is 2.00 bits per heavy atom. The molecule has 0 bridgehead atoms. The molecule has 3 heteroatoms. The molecule has 0 saturated heterocycles. The highest BCUT2D eigenvalue weighted by Crippen LogP contribution is 2.31. The standard InChI is InChI=1S/C12H14ClNO/c1-7(2)15-11-5-8(3)12(13)9(4)10(11)6-14/h5,7H,1-4H3. The van der Waals surface area contributed by atoms with E-state index in [0.717, 1.165) is 11.1 Å². The summed E-state index contributed by atoms with van der Waals surface area (Å²) in [7, 11) is 0. The van der Waals surface area contributed by atoms with Gasteiger partial charge in [0.15, 0.2) is 0 Å². The van der Waals surface area contributed by atoms with Crippen molar-refractivity contribution in [2.75, 3.05) is 0 Å². The van der Waals surface area contributed by atoms with Crippen LogP contribution in [-0.4, -0.2) is 6.10 Å². The molecule has 2 nitrogen and oxygen atoms in total. The molecule has 0 aliphatic carbocycles. The molecule has 0 atom stereocenters. The van der Waals surface area contributed by atoms with Crippen LogP contribution in [0.5, 0.6) is 5.75 Å². The second-order valence-corrected chi connectivity index (χ2v) is 4.16. The highest BCUT2D eigenvalue weighted by molar-refractivity contribution is 6.32. The van der Waals surface area contributed by atoms with E-state index in [0.29, 0.717) is 16.3 Å². The van der Waals surface area contributed by atoms with Crippen molar-refractivity contribution in [2.45, 2.75) is 33.8 Å². The maximum absolute atomic E-state index is 9.04. The minimum Gasteiger partial charge on any atom is -0.490 e. The topological polar surface area (TPSA) is 33.0 Å². The zero-order valence-electron chi connectivity index (χ0n) is 9.39. The lowest BCUT2D eigenvalue weighted by Gasteiger charge is -2.14. The Morgan fingerprint density at radius 3 is 2.47 bits per heavy atom. The molecule has 0 aliphatic rings. The third-order valence-corrected chi connectivity index (χ3v) is 2.70. The molecule has 0 aliphatic heterocycles. The highest BCUT2D eigenvalue weighted by atomic mass is 35.5. The normalized spacial score (nSPS) is 10.2. The molecule has 0 N–H and O–H groups in total. The Labute approximate surface area is 95.4 Å². The van der Waals surface area contributed by atoms with Crippen LogP contribution in [0.1, 0.15) is 30.5 Å². The summed E-state index contributed by atoms with van der Waals surface area (Å²) in [5.74, 6) is 0.617. The number of nitriles is 1. The summed E-state index contributed by atoms with van der Waals surface area (Å²) in [6.07, 6.45) is 0.0528. The van der Waals surface area contributed by atoms with E-state index in [1.54, 1.807) is 0 Å². The van der Waals surface area contributed by atoms with Gasteiger partial charge in [0.25, 0.3) is 0 Å². The van der Waals surface area contributed by atoms with Crippen LogP contribution in [0.4, 0.5) is 0 Å². The number of hydrogen-bond donors (Lipinski definition) is 0. The Hall–Kier alpha value is -1.20. The molecule has 0 saturated carbocycles. The van der Waals surface area contributed by atoms with Crippen LogP contribution in [0.15, 0.2) is 6.07 Å². The van der Waals surface area contributed by atoms with Crippen molar-refractivity contribution in [3.63, 3.8) is 0 Å². The fourth-order valence-corrected chi connectivity index (χ4v) is 1.56. The fraction of sp³-hybridized carbons (Fsp3) is 0.417. The summed E-state index contributed by atoms with van der Waals surface area (Å²) < 4.78 is 5.57. The van der Waals surface area contributed by atoms with Crippen molar-refractivity contribution in [1.29, 1.82) is 5.26 Å². The molecule has 1 aromatic rings. The number of hydrogen-bond acceptors (Lipinski definition) is 2. The van der Waals surface area contributed by atoms with Crippen LogP contribution in [0.25, 0.3) is 0 Å². The van der Waals surface area contributed by atoms with Gasteiger partial charge in [-0.1, -0.05) is 11.6 Å². The van der Waals surface area contributed by atoms with Crippen LogP contribution in [0, 0.1) is 25.2 Å². The highest BCUT2D eigenvalue weighted by Gasteiger charge is 2.13. The molecule has 80 valence electrons. The van der Waals surface area contributed by atoms with Gasteiger partial charge in [0.05, 0.1) is 11.7 Å². The van der Waals surface area contributed by atoms with Gasteiger partial charge in [-0.2, -0.15) is 5.26 Å². The molecular weight excluding hydrogens is 210 g/mol. The van der Waals surface area contributed by atoms with Gasteiger partial charge in [0.2, 0.25) is 0 Å². The summed E-state index contributed by atoms with van der Waals surface area (Å²) in [6, 6.07) is 3.94. The van der Waals surface area contributed by atoms with Crippen molar-refractivity contribution in [1.82, 2.24) is 0 Å². The summed E-state index contributed by atoms with van der Waals surface area (Å²) in [5.41, 5.74) is 2.25. The number of ether oxygens (including phenoxy) is 1. The average molecular weight is 224 g/mol. The van der Waals surface area contributed by atoms with Gasteiger partial charge in [-0.05, 0) is 44.9 Å². The van der Waals surface area contributed by atoms with E-state index >= 15 is 0 Å². The third-order valence-electron chi connectivity index (χ3n) is 2.12. The van der Waals surface area contributed by atoms with Crippen LogP contribution < -0.4 is 4.74 Å². The van der Waals surface area contributed by atoms with E-state index in [1.807, 2.05) is 33.8 Å². The Balaban J connectivity index is 3.34. The van der Waals surface area contributed by atoms with E-state index in [2.05, 4.69) is 6.07 Å². The number of halogens is 1. The van der Waals surface area contributed by atoms with Gasteiger partial charge >= 0.3 is 0 Å². The molecule has 0 fully saturated rings. The lowest BCUT2D eigenvalue weighted by atomic mass is 10.1. The van der Waals surface area contributed by atoms with Crippen molar-refractivity contribution >= 4 is 11.6 Å². The summed E-state index contributed by atoms with van der Waals surface area (Å²) in [4.78, 5) is 0. The van der Waals surface area contributed by atoms with Gasteiger partial charge in [-0.15, -0.1) is 0 Å². The predicted molar refractivity (Wildman–Crippen MR) is 61.4 cm³/mol. The number of nitrogens with zero attached hydrogens (tertiary/aromatic N) is 1. The van der Waals surface area contributed by atoms with Crippen LogP contribution >= 0.6 is 11.6 Å². The van der Waals surface area contributed by atoms with Gasteiger partial charge in [0.1, 0.15) is 11.8 Å². The molecule has 1 rings (SSSR count). The average Bonchev–Trinajstić information content (AvgIpc) is 2.14. The molecule has 15 heavy (non-hydrogen) atoms. The largest absolute Gasteiger partial charge is 0.490 e. The molecule has 0 amide bonds. The SMILES string of the molecule is Cc1cc(OC(C)C)c(C#N)c(C)c1Cl. The van der Waals surface area contributed by atoms with E-state index < -0.39 is 0 Å². The van der Waals surface area contributed by atoms with Crippen LogP contribution in [0.2, 0.25) is 5.02 Å². The Morgan fingerprint density at radius 1 is 1.40 bits per heavy atom. The molecule has 0 radical (unpaired) electrons. The minimum atomic E-state index is 0.0528. The van der Waals surface area contributed by atoms with Gasteiger partial charge < -0.3 is 4.74 Å². The Kier molecular flexibility index (Phi) is 3.60. The smallest absolute Gasteiger partial charge is 0.138 e. The van der Waals surface area contributed by atoms with Crippen molar-refractivity contribution < 1.29 is 4.74 Å². The maximum Gasteiger partial charge on any atom is 0.138 e. The zero-order valence-corrected chi connectivity index (χ0v) is 10.1. The molecule has 0 spiro atoms. The van der Waals surface area contributed by atoms with Crippen molar-refractivity contribution in [3.8, 4) is 11.8 Å². The first-order valence-corrected chi connectivity index (χ1v) is 5.21. The minimum absolute atomic E-state index is 0.0528. The number of rotatable bonds is 2. The predicted octanol–water partition coefficient (Wildman–Crippen LogP) is 3.62. The van der Waals surface area contributed by atoms with E-state index in [4.69, 9.17) is 21.6 Å². The van der Waals surface area contributed by atoms with Gasteiger partial charge in [0, 0.05) is 5.02 Å². The number of aryl methyl sites for hydroxylation is 1. The van der Waals surface area contributed by atoms with Gasteiger partial charge in [-0.3, -0.25) is 0 Å². The van der Waals surface area contributed by atoms with E-state index in [-0.39, 0.29) is 6.10 Å². The maximum atomic E-state index is 9.04. The first kappa shape index (κ1) is 11.9. The zero-order chi connectivity index (χ0) is 11.6. The lowest BCUT2D eigenvalue weighted by molar-refractivity contribution is 0.241. The van der Waals surface area contributed by atoms with Crippen molar-refractivity contribution in [2.24, 2.45) is 0 Å². The molecule has 0 aromatic heterocycles. The van der Waals surface area contributed by atoms with E-state index in [9.17, 15) is 0 Å². The number of benzene rings is 1. The first-order valence-electron chi connectivity index (χ1n) is 4.83. The molecule has 0 unspecified atom stereocenters. The summed E-state index contributed by atoms with van der Waals surface area (Å²) >= 11 is 6.06. The second-order valence-electron chi connectivity index (χ2n) is 3.78. The van der Waals surface area contributed by atoms with Gasteiger partial charge in [-0.25, -0.2) is 0 Å². The van der Waals surface area contributed by atoms with E-state index in [1.165, 1.54) is 0 Å². The van der Waals surface area contributed by atoms with Crippen LogP contribution in [0.3, 0.4) is 0 Å². The second kappa shape index (κ2) is 4.55. The summed E-state index contributed by atoms with van der Waals surface area (Å²) in [5, 5.41) is 9.68. The molecular formula is C12H14ClNO. The molecule has 1 aromatic carbocycles. The van der Waals surface area contributed by atoms with Crippen molar-refractivity contribution in [3.05, 3.63) is 27.8 Å².